The van der Waals surface area contributed by atoms with Crippen LogP contribution < -0.4 is 11.0 Å². The number of rotatable bonds is 5. The summed E-state index contributed by atoms with van der Waals surface area (Å²) in [7, 11) is 0. The molecular weight excluding hydrogens is 276 g/mol. The fourth-order valence-electron chi connectivity index (χ4n) is 1.43. The summed E-state index contributed by atoms with van der Waals surface area (Å²) in [5.74, 6) is -0.0287. The van der Waals surface area contributed by atoms with E-state index in [0.717, 1.165) is 18.2 Å². The Morgan fingerprint density at radius 2 is 2.20 bits per heavy atom. The van der Waals surface area contributed by atoms with Gasteiger partial charge in [-0.2, -0.15) is 10.2 Å². The Labute approximate surface area is 122 Å². The van der Waals surface area contributed by atoms with Gasteiger partial charge in [0.1, 0.15) is 16.7 Å². The van der Waals surface area contributed by atoms with Crippen LogP contribution in [0.2, 0.25) is 0 Å². The molecule has 108 valence electrons. The lowest BCUT2D eigenvalue weighted by Crippen LogP contribution is -2.43. The van der Waals surface area contributed by atoms with Crippen LogP contribution in [0.1, 0.15) is 38.4 Å². The number of carbonyl (C=O) groups excluding carboxylic acids is 1. The van der Waals surface area contributed by atoms with Crippen LogP contribution in [0.5, 0.6) is 0 Å². The molecule has 0 spiro atoms. The molecule has 6 nitrogen and oxygen atoms in total. The third kappa shape index (κ3) is 4.38. The second kappa shape index (κ2) is 6.57. The zero-order valence-corrected chi connectivity index (χ0v) is 12.8. The molecule has 20 heavy (non-hydrogen) atoms. The van der Waals surface area contributed by atoms with Gasteiger partial charge in [-0.05, 0) is 27.2 Å². The van der Waals surface area contributed by atoms with E-state index in [-0.39, 0.29) is 17.2 Å². The molecule has 0 radical (unpaired) electrons. The molecule has 1 heterocycles. The van der Waals surface area contributed by atoms with Gasteiger partial charge in [0.05, 0.1) is 5.75 Å². The van der Waals surface area contributed by atoms with Crippen LogP contribution in [0, 0.1) is 18.3 Å². The molecule has 1 rings (SSSR count). The average Bonchev–Trinajstić information content (AvgIpc) is 2.35. The Morgan fingerprint density at radius 3 is 2.75 bits per heavy atom. The lowest BCUT2D eigenvalue weighted by Gasteiger charge is -2.24. The van der Waals surface area contributed by atoms with Crippen LogP contribution in [0.4, 0.5) is 0 Å². The van der Waals surface area contributed by atoms with E-state index in [2.05, 4.69) is 15.3 Å². The van der Waals surface area contributed by atoms with Gasteiger partial charge in [0.25, 0.3) is 0 Å². The van der Waals surface area contributed by atoms with Crippen molar-refractivity contribution in [2.45, 2.75) is 44.7 Å². The van der Waals surface area contributed by atoms with E-state index in [0.29, 0.717) is 16.3 Å². The van der Waals surface area contributed by atoms with Crippen molar-refractivity contribution < 1.29 is 4.79 Å². The summed E-state index contributed by atoms with van der Waals surface area (Å²) >= 11 is 1.09. The first kappa shape index (κ1) is 16.2. The van der Waals surface area contributed by atoms with Crippen molar-refractivity contribution >= 4 is 17.7 Å². The number of aryl methyl sites for hydroxylation is 1. The topological polar surface area (TPSA) is 98.6 Å². The average molecular weight is 294 g/mol. The lowest BCUT2D eigenvalue weighted by molar-refractivity contribution is -0.120. The summed E-state index contributed by atoms with van der Waals surface area (Å²) in [6.45, 7) is 7.49. The van der Waals surface area contributed by atoms with E-state index < -0.39 is 5.69 Å². The molecule has 0 saturated carbocycles. The van der Waals surface area contributed by atoms with Gasteiger partial charge in [0.2, 0.25) is 5.91 Å². The Bertz CT molecular complexity index is 601. The largest absolute Gasteiger partial charge is 0.351 e. The van der Waals surface area contributed by atoms with Gasteiger partial charge in [-0.15, -0.1) is 0 Å². The third-order valence-electron chi connectivity index (χ3n) is 2.90. The van der Waals surface area contributed by atoms with Crippen molar-refractivity contribution in [2.75, 3.05) is 5.75 Å². The van der Waals surface area contributed by atoms with Gasteiger partial charge in [0.15, 0.2) is 0 Å². The Balaban J connectivity index is 2.79. The molecule has 0 aliphatic rings. The highest BCUT2D eigenvalue weighted by atomic mass is 32.2. The predicted octanol–water partition coefficient (Wildman–Crippen LogP) is 1.35. The predicted molar refractivity (Wildman–Crippen MR) is 77.5 cm³/mol. The number of nitrogens with zero attached hydrogens (tertiary/aromatic N) is 2. The first-order valence-electron chi connectivity index (χ1n) is 6.24. The van der Waals surface area contributed by atoms with Gasteiger partial charge in [-0.25, -0.2) is 4.79 Å². The zero-order chi connectivity index (χ0) is 15.3. The maximum Gasteiger partial charge on any atom is 0.346 e. The zero-order valence-electron chi connectivity index (χ0n) is 12.0. The monoisotopic (exact) mass is 294 g/mol. The summed E-state index contributed by atoms with van der Waals surface area (Å²) < 4.78 is 0. The molecule has 7 heteroatoms. The number of aromatic amines is 1. The van der Waals surface area contributed by atoms with Crippen LogP contribution >= 0.6 is 11.8 Å². The van der Waals surface area contributed by atoms with Gasteiger partial charge in [-0.3, -0.25) is 4.79 Å². The number of carbonyl (C=O) groups is 1. The van der Waals surface area contributed by atoms with Gasteiger partial charge >= 0.3 is 5.69 Å². The van der Waals surface area contributed by atoms with E-state index in [4.69, 9.17) is 5.26 Å². The minimum absolute atomic E-state index is 0.119. The summed E-state index contributed by atoms with van der Waals surface area (Å²) in [4.78, 5) is 29.3. The van der Waals surface area contributed by atoms with Crippen molar-refractivity contribution in [3.63, 3.8) is 0 Å². The number of thioether (sulfide) groups is 1. The number of hydrogen-bond donors (Lipinski definition) is 2. The highest BCUT2D eigenvalue weighted by Gasteiger charge is 2.18. The van der Waals surface area contributed by atoms with E-state index in [1.165, 1.54) is 0 Å². The van der Waals surface area contributed by atoms with Crippen molar-refractivity contribution in [3.05, 3.63) is 21.7 Å². The smallest absolute Gasteiger partial charge is 0.346 e. The molecule has 0 bridgehead atoms. The van der Waals surface area contributed by atoms with Crippen LogP contribution in [0.15, 0.2) is 9.82 Å². The summed E-state index contributed by atoms with van der Waals surface area (Å²) in [6, 6.07) is 1.99. The minimum atomic E-state index is -0.515. The third-order valence-corrected chi connectivity index (χ3v) is 3.88. The van der Waals surface area contributed by atoms with Gasteiger partial charge < -0.3 is 10.3 Å². The molecule has 0 aliphatic carbocycles. The second-order valence-corrected chi connectivity index (χ2v) is 6.00. The fraction of sp³-hybridized carbons (Fsp3) is 0.538. The first-order valence-corrected chi connectivity index (χ1v) is 7.22. The molecule has 1 aromatic rings. The molecule has 0 aliphatic heterocycles. The molecule has 2 N–H and O–H groups in total. The van der Waals surface area contributed by atoms with E-state index in [9.17, 15) is 9.59 Å². The molecule has 0 saturated heterocycles. The number of H-pyrrole nitrogens is 1. The van der Waals surface area contributed by atoms with Crippen molar-refractivity contribution in [3.8, 4) is 6.07 Å². The molecule has 0 atom stereocenters. The number of hydrogen-bond acceptors (Lipinski definition) is 5. The number of aromatic nitrogens is 2. The normalized spacial score (nSPS) is 10.9. The Hall–Kier alpha value is -1.81. The summed E-state index contributed by atoms with van der Waals surface area (Å²) in [5, 5.41) is 12.2. The Kier molecular flexibility index (Phi) is 5.34. The molecule has 0 aromatic carbocycles. The van der Waals surface area contributed by atoms with Crippen LogP contribution in [-0.2, 0) is 4.79 Å². The highest BCUT2D eigenvalue weighted by Crippen LogP contribution is 2.20. The lowest BCUT2D eigenvalue weighted by atomic mass is 10.0. The maximum absolute atomic E-state index is 11.8. The quantitative estimate of drug-likeness (QED) is 0.631. The SMILES string of the molecule is CCC(C)(C)NC(=O)CSc1nc(=O)[nH]c(C)c1C#N. The summed E-state index contributed by atoms with van der Waals surface area (Å²) in [5.41, 5.74) is -0.0209. The molecule has 1 aromatic heterocycles. The van der Waals surface area contributed by atoms with Gasteiger partial charge in [-0.1, -0.05) is 18.7 Å². The van der Waals surface area contributed by atoms with Crippen molar-refractivity contribution in [2.24, 2.45) is 0 Å². The highest BCUT2D eigenvalue weighted by molar-refractivity contribution is 8.00. The molecule has 0 unspecified atom stereocenters. The van der Waals surface area contributed by atoms with Gasteiger partial charge in [0, 0.05) is 11.2 Å². The van der Waals surface area contributed by atoms with E-state index in [1.807, 2.05) is 26.8 Å². The minimum Gasteiger partial charge on any atom is -0.351 e. The van der Waals surface area contributed by atoms with E-state index >= 15 is 0 Å². The van der Waals surface area contributed by atoms with E-state index in [1.54, 1.807) is 6.92 Å². The van der Waals surface area contributed by atoms with Crippen LogP contribution in [0.25, 0.3) is 0 Å². The summed E-state index contributed by atoms with van der Waals surface area (Å²) in [6.07, 6.45) is 0.815. The number of nitriles is 1. The molecule has 1 amide bonds. The van der Waals surface area contributed by atoms with Crippen LogP contribution in [-0.4, -0.2) is 27.2 Å². The van der Waals surface area contributed by atoms with Crippen molar-refractivity contribution in [1.29, 1.82) is 5.26 Å². The number of nitrogens with one attached hydrogen (secondary N) is 2. The maximum atomic E-state index is 11.8. The van der Waals surface area contributed by atoms with Crippen molar-refractivity contribution in [1.82, 2.24) is 15.3 Å². The van der Waals surface area contributed by atoms with Crippen LogP contribution in [0.3, 0.4) is 0 Å². The Morgan fingerprint density at radius 1 is 1.55 bits per heavy atom. The fourth-order valence-corrected chi connectivity index (χ4v) is 2.26. The standard InChI is InChI=1S/C13H18N4O2S/c1-5-13(3,4)17-10(18)7-20-11-9(6-14)8(2)15-12(19)16-11/h5,7H2,1-4H3,(H,17,18)(H,15,16,19). The second-order valence-electron chi connectivity index (χ2n) is 5.03. The number of amides is 1. The molecule has 0 fully saturated rings. The first-order chi connectivity index (χ1) is 9.29. The molecular formula is C13H18N4O2S.